The number of carbonyl (C=O) groups is 2. The number of ether oxygens (including phenoxy) is 1. The first-order valence-electron chi connectivity index (χ1n) is 7.41. The van der Waals surface area contributed by atoms with Gasteiger partial charge in [0.15, 0.2) is 0 Å². The number of hydrogen-bond acceptors (Lipinski definition) is 3. The van der Waals surface area contributed by atoms with Crippen LogP contribution in [0.5, 0.6) is 0 Å². The summed E-state index contributed by atoms with van der Waals surface area (Å²) >= 11 is 0. The van der Waals surface area contributed by atoms with Gasteiger partial charge < -0.3 is 14.5 Å². The third-order valence-corrected chi connectivity index (χ3v) is 4.06. The maximum absolute atomic E-state index is 12.4. The molecule has 2 amide bonds. The zero-order chi connectivity index (χ0) is 15.1. The van der Waals surface area contributed by atoms with Gasteiger partial charge in [0.05, 0.1) is 0 Å². The average Bonchev–Trinajstić information content (AvgIpc) is 3.05. The molecule has 0 aromatic carbocycles. The van der Waals surface area contributed by atoms with E-state index >= 15 is 0 Å². The van der Waals surface area contributed by atoms with Gasteiger partial charge in [-0.25, -0.2) is 4.79 Å². The molecular weight excluding hydrogens is 256 g/mol. The first kappa shape index (κ1) is 15.1. The van der Waals surface area contributed by atoms with Gasteiger partial charge in [0.1, 0.15) is 5.60 Å². The van der Waals surface area contributed by atoms with Crippen molar-refractivity contribution >= 4 is 12.0 Å². The van der Waals surface area contributed by atoms with Crippen molar-refractivity contribution in [1.29, 1.82) is 0 Å². The van der Waals surface area contributed by atoms with Gasteiger partial charge in [0, 0.05) is 31.1 Å². The molecule has 1 unspecified atom stereocenters. The smallest absolute Gasteiger partial charge is 0.410 e. The summed E-state index contributed by atoms with van der Waals surface area (Å²) in [6.07, 6.45) is 1.70. The van der Waals surface area contributed by atoms with Crippen molar-refractivity contribution in [1.82, 2.24) is 9.80 Å². The zero-order valence-corrected chi connectivity index (χ0v) is 13.2. The fourth-order valence-electron chi connectivity index (χ4n) is 2.50. The molecule has 0 bridgehead atoms. The number of rotatable bonds is 1. The lowest BCUT2D eigenvalue weighted by Gasteiger charge is -2.41. The van der Waals surface area contributed by atoms with E-state index in [1.54, 1.807) is 4.90 Å². The molecule has 0 N–H and O–H groups in total. The highest BCUT2D eigenvalue weighted by molar-refractivity contribution is 5.85. The predicted molar refractivity (Wildman–Crippen MR) is 76.3 cm³/mol. The van der Waals surface area contributed by atoms with E-state index in [0.717, 1.165) is 12.8 Å². The van der Waals surface area contributed by atoms with Crippen LogP contribution in [-0.2, 0) is 9.53 Å². The Kier molecular flexibility index (Phi) is 3.73. The number of hydrogen-bond donors (Lipinski definition) is 0. The number of carbonyl (C=O) groups excluding carboxylic acids is 2. The Bertz CT molecular complexity index is 410. The van der Waals surface area contributed by atoms with E-state index in [4.69, 9.17) is 4.74 Å². The van der Waals surface area contributed by atoms with Crippen molar-refractivity contribution in [2.75, 3.05) is 19.6 Å². The van der Waals surface area contributed by atoms with Crippen LogP contribution < -0.4 is 0 Å². The normalized spacial score (nSPS) is 25.4. The molecule has 0 aromatic rings. The lowest BCUT2D eigenvalue weighted by molar-refractivity contribution is -0.140. The highest BCUT2D eigenvalue weighted by Crippen LogP contribution is 2.47. The number of amides is 2. The minimum Gasteiger partial charge on any atom is -0.444 e. The van der Waals surface area contributed by atoms with E-state index in [0.29, 0.717) is 19.6 Å². The predicted octanol–water partition coefficient (Wildman–Crippen LogP) is 2.25. The fraction of sp³-hybridized carbons (Fsp3) is 0.867. The Morgan fingerprint density at radius 3 is 2.25 bits per heavy atom. The van der Waals surface area contributed by atoms with E-state index in [1.807, 2.05) is 39.5 Å². The minimum atomic E-state index is -0.477. The monoisotopic (exact) mass is 282 g/mol. The second-order valence-corrected chi connectivity index (χ2v) is 7.33. The van der Waals surface area contributed by atoms with Gasteiger partial charge in [0.25, 0.3) is 0 Å². The quantitative estimate of drug-likeness (QED) is 0.741. The molecule has 20 heavy (non-hydrogen) atoms. The van der Waals surface area contributed by atoms with Crippen molar-refractivity contribution < 1.29 is 14.3 Å². The van der Waals surface area contributed by atoms with Gasteiger partial charge in [-0.3, -0.25) is 4.79 Å². The largest absolute Gasteiger partial charge is 0.444 e. The first-order chi connectivity index (χ1) is 9.12. The summed E-state index contributed by atoms with van der Waals surface area (Å²) < 4.78 is 5.38. The highest BCUT2D eigenvalue weighted by Gasteiger charge is 2.48. The number of nitrogens with zero attached hydrogens (tertiary/aromatic N) is 2. The van der Waals surface area contributed by atoms with Gasteiger partial charge in [-0.1, -0.05) is 6.92 Å². The second kappa shape index (κ2) is 4.93. The van der Waals surface area contributed by atoms with E-state index in [9.17, 15) is 9.59 Å². The molecule has 2 rings (SSSR count). The van der Waals surface area contributed by atoms with Crippen LogP contribution in [0.15, 0.2) is 0 Å². The first-order valence-corrected chi connectivity index (χ1v) is 7.41. The summed E-state index contributed by atoms with van der Waals surface area (Å²) in [6.45, 7) is 11.3. The Morgan fingerprint density at radius 1 is 1.20 bits per heavy atom. The summed E-state index contributed by atoms with van der Waals surface area (Å²) in [7, 11) is 0. The molecule has 1 saturated heterocycles. The van der Waals surface area contributed by atoms with Crippen LogP contribution in [0, 0.1) is 5.41 Å². The maximum Gasteiger partial charge on any atom is 0.410 e. The molecule has 5 heteroatoms. The van der Waals surface area contributed by atoms with Crippen molar-refractivity contribution in [3.05, 3.63) is 0 Å². The molecule has 1 atom stereocenters. The zero-order valence-electron chi connectivity index (χ0n) is 13.2. The van der Waals surface area contributed by atoms with Crippen molar-refractivity contribution in [3.8, 4) is 0 Å². The summed E-state index contributed by atoms with van der Waals surface area (Å²) in [4.78, 5) is 28.1. The Hall–Kier alpha value is -1.26. The maximum atomic E-state index is 12.4. The van der Waals surface area contributed by atoms with Crippen LogP contribution in [0.2, 0.25) is 0 Å². The third kappa shape index (κ3) is 3.25. The van der Waals surface area contributed by atoms with Gasteiger partial charge in [0.2, 0.25) is 5.91 Å². The molecule has 2 fully saturated rings. The minimum absolute atomic E-state index is 0.0567. The van der Waals surface area contributed by atoms with E-state index in [-0.39, 0.29) is 23.5 Å². The summed E-state index contributed by atoms with van der Waals surface area (Å²) in [6, 6.07) is 0.0567. The summed E-state index contributed by atoms with van der Waals surface area (Å²) in [5, 5.41) is 0. The molecule has 1 heterocycles. The molecule has 1 aliphatic carbocycles. The second-order valence-electron chi connectivity index (χ2n) is 7.33. The third-order valence-electron chi connectivity index (χ3n) is 4.06. The van der Waals surface area contributed by atoms with Crippen molar-refractivity contribution in [3.63, 3.8) is 0 Å². The summed E-state index contributed by atoms with van der Waals surface area (Å²) in [5.74, 6) is 0.244. The average molecular weight is 282 g/mol. The van der Waals surface area contributed by atoms with Crippen LogP contribution in [0.3, 0.4) is 0 Å². The van der Waals surface area contributed by atoms with Crippen molar-refractivity contribution in [2.45, 2.75) is 59.1 Å². The molecule has 0 radical (unpaired) electrons. The van der Waals surface area contributed by atoms with Gasteiger partial charge >= 0.3 is 6.09 Å². The molecule has 0 aromatic heterocycles. The topological polar surface area (TPSA) is 49.9 Å². The lowest BCUT2D eigenvalue weighted by atomic mass is 10.1. The van der Waals surface area contributed by atoms with Crippen LogP contribution in [-0.4, -0.2) is 53.1 Å². The van der Waals surface area contributed by atoms with Crippen LogP contribution >= 0.6 is 0 Å². The molecule has 1 saturated carbocycles. The molecule has 5 nitrogen and oxygen atoms in total. The molecular formula is C15H26N2O3. The van der Waals surface area contributed by atoms with E-state index in [2.05, 4.69) is 0 Å². The van der Waals surface area contributed by atoms with E-state index in [1.165, 1.54) is 0 Å². The van der Waals surface area contributed by atoms with Crippen LogP contribution in [0.25, 0.3) is 0 Å². The highest BCUT2D eigenvalue weighted by atomic mass is 16.6. The SMILES string of the molecule is CC1CN(C(=O)OC(C)(C)C)CCN1C(=O)C1(C)CC1. The Balaban J connectivity index is 1.92. The van der Waals surface area contributed by atoms with Crippen LogP contribution in [0.4, 0.5) is 4.79 Å². The fourth-order valence-corrected chi connectivity index (χ4v) is 2.50. The Labute approximate surface area is 121 Å². The number of piperazine rings is 1. The summed E-state index contributed by atoms with van der Waals surface area (Å²) in [5.41, 5.74) is -0.614. The van der Waals surface area contributed by atoms with E-state index < -0.39 is 5.60 Å². The molecule has 1 aliphatic heterocycles. The van der Waals surface area contributed by atoms with Gasteiger partial charge in [-0.2, -0.15) is 0 Å². The molecule has 2 aliphatic rings. The molecule has 0 spiro atoms. The lowest BCUT2D eigenvalue weighted by Crippen LogP contribution is -2.57. The van der Waals surface area contributed by atoms with Crippen molar-refractivity contribution in [2.24, 2.45) is 5.41 Å². The standard InChI is InChI=1S/C15H26N2O3/c1-11-10-16(13(19)20-14(2,3)4)8-9-17(11)12(18)15(5)6-7-15/h11H,6-10H2,1-5H3. The van der Waals surface area contributed by atoms with Crippen LogP contribution in [0.1, 0.15) is 47.5 Å². The molecule has 114 valence electrons. The Morgan fingerprint density at radius 2 is 1.80 bits per heavy atom. The van der Waals surface area contributed by atoms with Gasteiger partial charge in [-0.15, -0.1) is 0 Å². The van der Waals surface area contributed by atoms with Gasteiger partial charge in [-0.05, 0) is 40.5 Å².